The molecule has 1 aromatic heterocycles. The Morgan fingerprint density at radius 1 is 0.947 bits per heavy atom. The fourth-order valence-corrected chi connectivity index (χ4v) is 2.64. The number of fused-ring (bicyclic) bond motifs is 1. The van der Waals surface area contributed by atoms with Crippen LogP contribution in [0.1, 0.15) is 10.6 Å². The smallest absolute Gasteiger partial charge is 0.157 e. The normalized spacial score (nSPS) is 11.4. The van der Waals surface area contributed by atoms with Crippen molar-refractivity contribution in [1.29, 1.82) is 0 Å². The number of hydrogen-bond donors (Lipinski definition) is 2. The highest BCUT2D eigenvalue weighted by Gasteiger charge is 2.00. The van der Waals surface area contributed by atoms with Gasteiger partial charge in [0.15, 0.2) is 11.5 Å². The van der Waals surface area contributed by atoms with Crippen LogP contribution < -0.4 is 0 Å². The van der Waals surface area contributed by atoms with Gasteiger partial charge in [0.1, 0.15) is 5.01 Å². The van der Waals surface area contributed by atoms with E-state index in [9.17, 15) is 10.2 Å². The minimum absolute atomic E-state index is 0.114. The molecule has 0 atom stereocenters. The van der Waals surface area contributed by atoms with E-state index in [-0.39, 0.29) is 11.5 Å². The summed E-state index contributed by atoms with van der Waals surface area (Å²) >= 11 is 1.61. The molecule has 3 aromatic rings. The van der Waals surface area contributed by atoms with Crippen LogP contribution in [0.5, 0.6) is 11.5 Å². The van der Waals surface area contributed by atoms with Gasteiger partial charge in [-0.2, -0.15) is 0 Å². The topological polar surface area (TPSA) is 53.4 Å². The van der Waals surface area contributed by atoms with Gasteiger partial charge in [0, 0.05) is 0 Å². The first-order valence-corrected chi connectivity index (χ1v) is 6.60. The van der Waals surface area contributed by atoms with Crippen molar-refractivity contribution in [3.63, 3.8) is 0 Å². The maximum atomic E-state index is 9.41. The number of aromatic nitrogens is 1. The van der Waals surface area contributed by atoms with Gasteiger partial charge < -0.3 is 10.2 Å². The highest BCUT2D eigenvalue weighted by molar-refractivity contribution is 7.19. The van der Waals surface area contributed by atoms with E-state index < -0.39 is 0 Å². The van der Waals surface area contributed by atoms with Crippen molar-refractivity contribution in [2.45, 2.75) is 0 Å². The maximum absolute atomic E-state index is 9.41. The molecule has 1 heterocycles. The second-order valence-corrected chi connectivity index (χ2v) is 5.16. The number of phenols is 2. The minimum atomic E-state index is -0.119. The van der Waals surface area contributed by atoms with Gasteiger partial charge in [0.2, 0.25) is 0 Å². The van der Waals surface area contributed by atoms with Crippen LogP contribution in [-0.4, -0.2) is 15.2 Å². The predicted octanol–water partition coefficient (Wildman–Crippen LogP) is 3.88. The predicted molar refractivity (Wildman–Crippen MR) is 78.3 cm³/mol. The number of thiazole rings is 1. The Morgan fingerprint density at radius 3 is 2.58 bits per heavy atom. The number of para-hydroxylation sites is 1. The minimum Gasteiger partial charge on any atom is -0.504 e. The Balaban J connectivity index is 1.91. The number of hydrogen-bond acceptors (Lipinski definition) is 4. The van der Waals surface area contributed by atoms with Gasteiger partial charge in [-0.25, -0.2) is 4.98 Å². The Labute approximate surface area is 114 Å². The number of rotatable bonds is 2. The van der Waals surface area contributed by atoms with Crippen molar-refractivity contribution in [2.75, 3.05) is 0 Å². The maximum Gasteiger partial charge on any atom is 0.157 e. The molecule has 0 unspecified atom stereocenters. The van der Waals surface area contributed by atoms with Crippen molar-refractivity contribution in [2.24, 2.45) is 0 Å². The number of phenolic OH excluding ortho intramolecular Hbond substituents is 2. The summed E-state index contributed by atoms with van der Waals surface area (Å²) in [6.07, 6.45) is 3.76. The van der Waals surface area contributed by atoms with Crippen LogP contribution in [0.2, 0.25) is 0 Å². The summed E-state index contributed by atoms with van der Waals surface area (Å²) in [7, 11) is 0. The van der Waals surface area contributed by atoms with Gasteiger partial charge >= 0.3 is 0 Å². The van der Waals surface area contributed by atoms with E-state index in [0.29, 0.717) is 0 Å². The van der Waals surface area contributed by atoms with E-state index in [1.807, 2.05) is 36.4 Å². The van der Waals surface area contributed by atoms with E-state index in [2.05, 4.69) is 4.98 Å². The monoisotopic (exact) mass is 269 g/mol. The average molecular weight is 269 g/mol. The molecule has 3 nitrogen and oxygen atoms in total. The molecule has 0 fully saturated rings. The molecule has 0 amide bonds. The fraction of sp³-hybridized carbons (Fsp3) is 0. The first kappa shape index (κ1) is 11.7. The molecule has 19 heavy (non-hydrogen) atoms. The van der Waals surface area contributed by atoms with E-state index in [4.69, 9.17) is 0 Å². The first-order chi connectivity index (χ1) is 9.22. The second kappa shape index (κ2) is 4.74. The lowest BCUT2D eigenvalue weighted by atomic mass is 10.2. The summed E-state index contributed by atoms with van der Waals surface area (Å²) in [6.45, 7) is 0. The summed E-state index contributed by atoms with van der Waals surface area (Å²) in [4.78, 5) is 4.49. The SMILES string of the molecule is Oc1ccc(C=Cc2nc3ccccc3s2)cc1O. The highest BCUT2D eigenvalue weighted by Crippen LogP contribution is 2.27. The molecular weight excluding hydrogens is 258 g/mol. The lowest BCUT2D eigenvalue weighted by Crippen LogP contribution is -1.73. The third-order valence-electron chi connectivity index (χ3n) is 2.73. The summed E-state index contributed by atoms with van der Waals surface area (Å²) in [5.74, 6) is -0.233. The molecule has 0 aliphatic rings. The van der Waals surface area contributed by atoms with E-state index >= 15 is 0 Å². The fourth-order valence-electron chi connectivity index (χ4n) is 1.77. The van der Waals surface area contributed by atoms with Crippen LogP contribution in [0.25, 0.3) is 22.4 Å². The van der Waals surface area contributed by atoms with E-state index in [1.54, 1.807) is 17.4 Å². The molecule has 94 valence electrons. The summed E-state index contributed by atoms with van der Waals surface area (Å²) in [6, 6.07) is 12.7. The van der Waals surface area contributed by atoms with Crippen LogP contribution in [-0.2, 0) is 0 Å². The van der Waals surface area contributed by atoms with Crippen LogP contribution in [0.4, 0.5) is 0 Å². The zero-order valence-electron chi connectivity index (χ0n) is 9.95. The molecule has 0 saturated heterocycles. The van der Waals surface area contributed by atoms with Crippen LogP contribution >= 0.6 is 11.3 Å². The zero-order valence-corrected chi connectivity index (χ0v) is 10.8. The van der Waals surface area contributed by atoms with Crippen molar-refractivity contribution in [3.05, 3.63) is 53.0 Å². The van der Waals surface area contributed by atoms with Gasteiger partial charge in [-0.1, -0.05) is 24.3 Å². The Bertz CT molecular complexity index is 729. The van der Waals surface area contributed by atoms with Crippen molar-refractivity contribution < 1.29 is 10.2 Å². The van der Waals surface area contributed by atoms with Gasteiger partial charge in [-0.05, 0) is 35.9 Å². The Kier molecular flexibility index (Phi) is 2.93. The number of nitrogens with zero attached hydrogens (tertiary/aromatic N) is 1. The van der Waals surface area contributed by atoms with Gasteiger partial charge in [-0.3, -0.25) is 0 Å². The second-order valence-electron chi connectivity index (χ2n) is 4.10. The van der Waals surface area contributed by atoms with Gasteiger partial charge in [0.25, 0.3) is 0 Å². The largest absolute Gasteiger partial charge is 0.504 e. The molecule has 0 aliphatic carbocycles. The highest BCUT2D eigenvalue weighted by atomic mass is 32.1. The van der Waals surface area contributed by atoms with Crippen molar-refractivity contribution >= 4 is 33.7 Å². The molecule has 0 spiro atoms. The Hall–Kier alpha value is -2.33. The van der Waals surface area contributed by atoms with Gasteiger partial charge in [0.05, 0.1) is 10.2 Å². The van der Waals surface area contributed by atoms with Gasteiger partial charge in [-0.15, -0.1) is 11.3 Å². The van der Waals surface area contributed by atoms with Crippen LogP contribution in [0.15, 0.2) is 42.5 Å². The van der Waals surface area contributed by atoms with Crippen molar-refractivity contribution in [3.8, 4) is 11.5 Å². The molecule has 0 bridgehead atoms. The third kappa shape index (κ3) is 2.44. The van der Waals surface area contributed by atoms with Crippen molar-refractivity contribution in [1.82, 2.24) is 4.98 Å². The molecule has 4 heteroatoms. The standard InChI is InChI=1S/C15H11NO2S/c17-12-7-5-10(9-13(12)18)6-8-15-16-11-3-1-2-4-14(11)19-15/h1-9,17-18H. The molecule has 0 saturated carbocycles. The third-order valence-corrected chi connectivity index (χ3v) is 3.73. The summed E-state index contributed by atoms with van der Waals surface area (Å²) < 4.78 is 1.15. The van der Waals surface area contributed by atoms with E-state index in [1.165, 1.54) is 12.1 Å². The quantitative estimate of drug-likeness (QED) is 0.694. The lowest BCUT2D eigenvalue weighted by Gasteiger charge is -1.97. The molecule has 2 aromatic carbocycles. The molecule has 2 N–H and O–H groups in total. The van der Waals surface area contributed by atoms with E-state index in [0.717, 1.165) is 20.8 Å². The zero-order chi connectivity index (χ0) is 13.2. The first-order valence-electron chi connectivity index (χ1n) is 5.78. The summed E-state index contributed by atoms with van der Waals surface area (Å²) in [5.41, 5.74) is 1.80. The molecule has 0 radical (unpaired) electrons. The lowest BCUT2D eigenvalue weighted by molar-refractivity contribution is 0.403. The Morgan fingerprint density at radius 2 is 1.79 bits per heavy atom. The summed E-state index contributed by atoms with van der Waals surface area (Å²) in [5, 5.41) is 19.6. The molecule has 0 aliphatic heterocycles. The molecule has 3 rings (SSSR count). The number of aromatic hydroxyl groups is 2. The molecular formula is C15H11NO2S. The van der Waals surface area contributed by atoms with Crippen LogP contribution in [0, 0.1) is 0 Å². The number of benzene rings is 2. The average Bonchev–Trinajstić information content (AvgIpc) is 2.83. The van der Waals surface area contributed by atoms with Crippen LogP contribution in [0.3, 0.4) is 0 Å².